The summed E-state index contributed by atoms with van der Waals surface area (Å²) < 4.78 is 23.1. The molecule has 0 heterocycles. The Morgan fingerprint density at radius 2 is 1.12 bits per heavy atom. The minimum absolute atomic E-state index is 0.00820. The largest absolute Gasteiger partial charge is 0.756 e. The average Bonchev–Trinajstić information content (AvgIpc) is 3.06. The molecule has 0 fully saturated rings. The van der Waals surface area contributed by atoms with Crippen LogP contribution in [0, 0.1) is 0 Å². The van der Waals surface area contributed by atoms with Crippen LogP contribution in [0.2, 0.25) is 0 Å². The van der Waals surface area contributed by atoms with Gasteiger partial charge in [0.05, 0.1) is 39.9 Å². The maximum atomic E-state index is 12.8. The van der Waals surface area contributed by atoms with Crippen molar-refractivity contribution in [3.63, 3.8) is 0 Å². The van der Waals surface area contributed by atoms with Gasteiger partial charge in [0.25, 0.3) is 7.82 Å². The number of carbonyl (C=O) groups excluding carboxylic acids is 1. The van der Waals surface area contributed by atoms with Crippen molar-refractivity contribution in [1.29, 1.82) is 0 Å². The van der Waals surface area contributed by atoms with Crippen molar-refractivity contribution in [2.45, 2.75) is 180 Å². The fourth-order valence-corrected chi connectivity index (χ4v) is 6.24. The molecule has 0 spiro atoms. The highest BCUT2D eigenvalue weighted by atomic mass is 31.2. The maximum absolute atomic E-state index is 12.8. The number of hydrogen-bond acceptors (Lipinski definition) is 6. The molecule has 3 atom stereocenters. The monoisotopic (exact) mass is 727 g/mol. The molecule has 0 aromatic rings. The Morgan fingerprint density at radius 1 is 0.680 bits per heavy atom. The molecule has 0 bridgehead atoms. The lowest BCUT2D eigenvalue weighted by atomic mass is 10.1. The van der Waals surface area contributed by atoms with Crippen molar-refractivity contribution in [2.24, 2.45) is 0 Å². The molecule has 50 heavy (non-hydrogen) atoms. The van der Waals surface area contributed by atoms with Gasteiger partial charge in [-0.1, -0.05) is 140 Å². The van der Waals surface area contributed by atoms with Gasteiger partial charge in [0.15, 0.2) is 0 Å². The maximum Gasteiger partial charge on any atom is 0.268 e. The molecule has 0 aromatic carbocycles. The Balaban J connectivity index is 4.57. The molecule has 1 unspecified atom stereocenters. The normalized spacial score (nSPS) is 14.9. The van der Waals surface area contributed by atoms with E-state index in [1.165, 1.54) is 89.9 Å². The SMILES string of the molecule is CCCCCC/C=C/CCCCCCCC(=O)N[C@@H](COP(=O)([O-])OCC[N+](C)(C)C)[C@H](O)/C=C/CC/C=C/CCCCCCCCCCC. The quantitative estimate of drug-likeness (QED) is 0.0288. The standard InChI is InChI=1S/C41H79N2O6P/c1-6-8-10-12-14-16-18-20-21-23-24-26-28-30-32-34-40(44)39(38-49-50(46,47)48-37-36-43(3,4)5)42-41(45)35-33-31-29-27-25-22-19-17-15-13-11-9-7-2/h17,19,24,26,32,34,39-40,44H,6-16,18,20-23,25,27-31,33,35-38H2,1-5H3,(H-,42,45,46,47)/b19-17+,26-24+,34-32+/t39-,40+/m0/s1. The van der Waals surface area contributed by atoms with E-state index in [1.54, 1.807) is 6.08 Å². The molecule has 9 heteroatoms. The van der Waals surface area contributed by atoms with Crippen LogP contribution in [-0.2, 0) is 18.4 Å². The molecule has 2 N–H and O–H groups in total. The van der Waals surface area contributed by atoms with Crippen LogP contribution in [0.25, 0.3) is 0 Å². The summed E-state index contributed by atoms with van der Waals surface area (Å²) in [6.07, 6.45) is 39.0. The molecule has 0 aliphatic heterocycles. The Kier molecular flexibility index (Phi) is 32.7. The first kappa shape index (κ1) is 48.7. The third-order valence-electron chi connectivity index (χ3n) is 8.82. The number of nitrogens with zero attached hydrogens (tertiary/aromatic N) is 1. The fraction of sp³-hybridized carbons (Fsp3) is 0.829. The first-order chi connectivity index (χ1) is 24.0. The van der Waals surface area contributed by atoms with Gasteiger partial charge in [0, 0.05) is 6.42 Å². The first-order valence-electron chi connectivity index (χ1n) is 20.4. The number of aliphatic hydroxyl groups excluding tert-OH is 1. The third kappa shape index (κ3) is 35.1. The molecule has 0 aromatic heterocycles. The lowest BCUT2D eigenvalue weighted by molar-refractivity contribution is -0.870. The lowest BCUT2D eigenvalue weighted by Gasteiger charge is -2.29. The molecule has 8 nitrogen and oxygen atoms in total. The number of quaternary nitrogens is 1. The molecule has 0 saturated carbocycles. The fourth-order valence-electron chi connectivity index (χ4n) is 5.51. The number of carbonyl (C=O) groups is 1. The van der Waals surface area contributed by atoms with Gasteiger partial charge < -0.3 is 28.8 Å². The zero-order valence-corrected chi connectivity index (χ0v) is 34.0. The van der Waals surface area contributed by atoms with Gasteiger partial charge in [-0.05, 0) is 57.8 Å². The highest BCUT2D eigenvalue weighted by Gasteiger charge is 2.23. The van der Waals surface area contributed by atoms with Gasteiger partial charge in [-0.3, -0.25) is 9.36 Å². The zero-order chi connectivity index (χ0) is 37.2. The summed E-state index contributed by atoms with van der Waals surface area (Å²) in [6.45, 7) is 4.58. The highest BCUT2D eigenvalue weighted by molar-refractivity contribution is 7.45. The summed E-state index contributed by atoms with van der Waals surface area (Å²) in [5, 5.41) is 13.7. The summed E-state index contributed by atoms with van der Waals surface area (Å²) in [6, 6.07) is -0.904. The van der Waals surface area contributed by atoms with Gasteiger partial charge in [-0.15, -0.1) is 0 Å². The van der Waals surface area contributed by atoms with Gasteiger partial charge in [0.1, 0.15) is 13.2 Å². The van der Waals surface area contributed by atoms with Crippen LogP contribution < -0.4 is 10.2 Å². The van der Waals surface area contributed by atoms with E-state index in [1.807, 2.05) is 27.2 Å². The Hall–Kier alpha value is -1.28. The number of allylic oxidation sites excluding steroid dienone is 5. The number of likely N-dealkylation sites (N-methyl/N-ethyl adjacent to an activating group) is 1. The van der Waals surface area contributed by atoms with E-state index in [-0.39, 0.29) is 12.5 Å². The predicted molar refractivity (Wildman–Crippen MR) is 210 cm³/mol. The molecule has 0 radical (unpaired) electrons. The Bertz CT molecular complexity index is 917. The Labute approximate surface area is 308 Å². The minimum atomic E-state index is -4.59. The van der Waals surface area contributed by atoms with E-state index in [2.05, 4.69) is 43.5 Å². The van der Waals surface area contributed by atoms with Crippen molar-refractivity contribution in [3.8, 4) is 0 Å². The van der Waals surface area contributed by atoms with Crippen molar-refractivity contribution < 1.29 is 32.9 Å². The summed E-state index contributed by atoms with van der Waals surface area (Å²) in [5.74, 6) is -0.219. The first-order valence-corrected chi connectivity index (χ1v) is 21.8. The van der Waals surface area contributed by atoms with Crippen LogP contribution in [0.15, 0.2) is 36.5 Å². The number of aliphatic hydroxyl groups is 1. The van der Waals surface area contributed by atoms with Gasteiger partial charge in [-0.25, -0.2) is 0 Å². The van der Waals surface area contributed by atoms with Crippen LogP contribution in [0.5, 0.6) is 0 Å². The average molecular weight is 727 g/mol. The van der Waals surface area contributed by atoms with E-state index in [0.717, 1.165) is 57.8 Å². The van der Waals surface area contributed by atoms with Crippen molar-refractivity contribution in [2.75, 3.05) is 40.9 Å². The van der Waals surface area contributed by atoms with Crippen LogP contribution >= 0.6 is 7.82 Å². The van der Waals surface area contributed by atoms with E-state index in [9.17, 15) is 19.4 Å². The number of nitrogens with one attached hydrogen (secondary N) is 1. The number of phosphoric ester groups is 1. The van der Waals surface area contributed by atoms with Crippen molar-refractivity contribution in [1.82, 2.24) is 5.32 Å². The summed E-state index contributed by atoms with van der Waals surface area (Å²) in [4.78, 5) is 25.2. The number of phosphoric acid groups is 1. The predicted octanol–water partition coefficient (Wildman–Crippen LogP) is 10.1. The molecular formula is C41H79N2O6P. The number of hydrogen-bond donors (Lipinski definition) is 2. The van der Waals surface area contributed by atoms with Crippen LogP contribution in [-0.4, -0.2) is 68.5 Å². The molecule has 294 valence electrons. The van der Waals surface area contributed by atoms with Gasteiger partial charge in [0.2, 0.25) is 5.91 Å². The molecule has 1 amide bonds. The molecule has 0 saturated heterocycles. The molecule has 0 aliphatic rings. The van der Waals surface area contributed by atoms with Crippen molar-refractivity contribution >= 4 is 13.7 Å². The molecule has 0 aliphatic carbocycles. The van der Waals surface area contributed by atoms with Crippen LogP contribution in [0.4, 0.5) is 0 Å². The lowest BCUT2D eigenvalue weighted by Crippen LogP contribution is -2.45. The van der Waals surface area contributed by atoms with E-state index >= 15 is 0 Å². The second-order valence-corrected chi connectivity index (χ2v) is 16.4. The molecule has 0 rings (SSSR count). The summed E-state index contributed by atoms with van der Waals surface area (Å²) in [7, 11) is 1.23. The zero-order valence-electron chi connectivity index (χ0n) is 33.1. The number of amides is 1. The van der Waals surface area contributed by atoms with E-state index in [4.69, 9.17) is 9.05 Å². The summed E-state index contributed by atoms with van der Waals surface area (Å²) >= 11 is 0. The number of unbranched alkanes of at least 4 members (excludes halogenated alkanes) is 19. The third-order valence-corrected chi connectivity index (χ3v) is 9.79. The summed E-state index contributed by atoms with van der Waals surface area (Å²) in [5.41, 5.74) is 0. The van der Waals surface area contributed by atoms with Crippen LogP contribution in [0.3, 0.4) is 0 Å². The van der Waals surface area contributed by atoms with Crippen molar-refractivity contribution in [3.05, 3.63) is 36.5 Å². The highest BCUT2D eigenvalue weighted by Crippen LogP contribution is 2.38. The Morgan fingerprint density at radius 3 is 1.64 bits per heavy atom. The second-order valence-electron chi connectivity index (χ2n) is 15.0. The number of rotatable bonds is 36. The van der Waals surface area contributed by atoms with E-state index in [0.29, 0.717) is 17.4 Å². The molecular weight excluding hydrogens is 647 g/mol. The second kappa shape index (κ2) is 33.5. The van der Waals surface area contributed by atoms with E-state index < -0.39 is 26.6 Å². The van der Waals surface area contributed by atoms with Gasteiger partial charge in [-0.2, -0.15) is 0 Å². The smallest absolute Gasteiger partial charge is 0.268 e. The van der Waals surface area contributed by atoms with Gasteiger partial charge >= 0.3 is 0 Å². The minimum Gasteiger partial charge on any atom is -0.756 e. The topological polar surface area (TPSA) is 108 Å². The van der Waals surface area contributed by atoms with Crippen LogP contribution in [0.1, 0.15) is 168 Å².